The van der Waals surface area contributed by atoms with E-state index in [1.165, 1.54) is 0 Å². The molecule has 118 valence electrons. The predicted octanol–water partition coefficient (Wildman–Crippen LogP) is 1.80. The molecule has 0 radical (unpaired) electrons. The number of methoxy groups -OCH3 is 1. The van der Waals surface area contributed by atoms with E-state index in [1.54, 1.807) is 31.8 Å². The second kappa shape index (κ2) is 6.92. The fourth-order valence-electron chi connectivity index (χ4n) is 2.53. The molecular formula is C16H17N5O2. The molecule has 0 saturated carbocycles. The van der Waals surface area contributed by atoms with Gasteiger partial charge in [0.15, 0.2) is 5.75 Å². The highest BCUT2D eigenvalue weighted by Crippen LogP contribution is 2.21. The summed E-state index contributed by atoms with van der Waals surface area (Å²) in [4.78, 5) is 14.6. The van der Waals surface area contributed by atoms with Crippen molar-refractivity contribution in [2.45, 2.75) is 18.9 Å². The van der Waals surface area contributed by atoms with Gasteiger partial charge in [0.05, 0.1) is 37.9 Å². The number of aromatic nitrogens is 3. The van der Waals surface area contributed by atoms with Crippen LogP contribution in [0.2, 0.25) is 0 Å². The molecule has 3 heterocycles. The first-order valence-electron chi connectivity index (χ1n) is 7.42. The molecule has 1 aliphatic heterocycles. The van der Waals surface area contributed by atoms with Crippen molar-refractivity contribution in [3.8, 4) is 17.8 Å². The van der Waals surface area contributed by atoms with Crippen LogP contribution in [0.4, 0.5) is 5.69 Å². The van der Waals surface area contributed by atoms with Crippen LogP contribution in [-0.4, -0.2) is 41.3 Å². The summed E-state index contributed by atoms with van der Waals surface area (Å²) in [6, 6.07) is 6.03. The number of nitrogens with zero attached hydrogens (tertiary/aromatic N) is 5. The molecular weight excluding hydrogens is 294 g/mol. The molecule has 7 nitrogen and oxygen atoms in total. The number of pyridine rings is 1. The van der Waals surface area contributed by atoms with Gasteiger partial charge in [-0.05, 0) is 25.0 Å². The highest BCUT2D eigenvalue weighted by atomic mass is 16.5. The van der Waals surface area contributed by atoms with Gasteiger partial charge in [-0.25, -0.2) is 4.98 Å². The maximum atomic E-state index is 8.81. The van der Waals surface area contributed by atoms with E-state index in [0.29, 0.717) is 17.5 Å². The molecule has 1 fully saturated rings. The zero-order chi connectivity index (χ0) is 16.1. The predicted molar refractivity (Wildman–Crippen MR) is 83.4 cm³/mol. The molecule has 1 saturated heterocycles. The Hall–Kier alpha value is -2.88. The summed E-state index contributed by atoms with van der Waals surface area (Å²) in [6.07, 6.45) is 6.90. The lowest BCUT2D eigenvalue weighted by molar-refractivity contribution is 0.164. The van der Waals surface area contributed by atoms with E-state index in [9.17, 15) is 0 Å². The molecule has 0 bridgehead atoms. The Morgan fingerprint density at radius 3 is 2.70 bits per heavy atom. The van der Waals surface area contributed by atoms with Gasteiger partial charge in [0.25, 0.3) is 0 Å². The Morgan fingerprint density at radius 2 is 2.04 bits per heavy atom. The Balaban J connectivity index is 1.64. The number of rotatable bonds is 4. The molecule has 1 unspecified atom stereocenters. The first-order valence-corrected chi connectivity index (χ1v) is 7.42. The van der Waals surface area contributed by atoms with Crippen molar-refractivity contribution in [1.29, 1.82) is 5.26 Å². The standard InChI is InChI=1S/C16H17N5O2/c1-22-15-9-19-16(20-10-15)23-14-3-2-6-21(11-14)13-5-4-12(7-17)18-8-13/h4-5,8-10,14H,2-3,6,11H2,1H3. The van der Waals surface area contributed by atoms with Crippen LogP contribution < -0.4 is 14.4 Å². The summed E-state index contributed by atoms with van der Waals surface area (Å²) >= 11 is 0. The Kier molecular flexibility index (Phi) is 4.52. The van der Waals surface area contributed by atoms with Crippen molar-refractivity contribution in [3.63, 3.8) is 0 Å². The van der Waals surface area contributed by atoms with Crippen molar-refractivity contribution in [3.05, 3.63) is 36.4 Å². The van der Waals surface area contributed by atoms with Gasteiger partial charge in [-0.3, -0.25) is 0 Å². The van der Waals surface area contributed by atoms with E-state index >= 15 is 0 Å². The third kappa shape index (κ3) is 3.66. The molecule has 0 amide bonds. The SMILES string of the molecule is COc1cnc(OC2CCCN(c3ccc(C#N)nc3)C2)nc1. The molecule has 2 aromatic heterocycles. The Morgan fingerprint density at radius 1 is 1.22 bits per heavy atom. The summed E-state index contributed by atoms with van der Waals surface area (Å²) in [6.45, 7) is 1.68. The van der Waals surface area contributed by atoms with Gasteiger partial charge in [0, 0.05) is 6.54 Å². The van der Waals surface area contributed by atoms with Crippen LogP contribution in [-0.2, 0) is 0 Å². The zero-order valence-electron chi connectivity index (χ0n) is 12.8. The minimum absolute atomic E-state index is 0.0211. The summed E-state index contributed by atoms with van der Waals surface area (Å²) < 4.78 is 10.9. The second-order valence-corrected chi connectivity index (χ2v) is 5.25. The van der Waals surface area contributed by atoms with Gasteiger partial charge >= 0.3 is 6.01 Å². The topological polar surface area (TPSA) is 84.2 Å². The van der Waals surface area contributed by atoms with E-state index < -0.39 is 0 Å². The van der Waals surface area contributed by atoms with Crippen LogP contribution in [0.15, 0.2) is 30.7 Å². The molecule has 7 heteroatoms. The first kappa shape index (κ1) is 15.0. The van der Waals surface area contributed by atoms with Crippen LogP contribution in [0.5, 0.6) is 11.8 Å². The summed E-state index contributed by atoms with van der Waals surface area (Å²) in [5.41, 5.74) is 1.41. The average Bonchev–Trinajstić information content (AvgIpc) is 2.63. The van der Waals surface area contributed by atoms with Gasteiger partial charge in [-0.1, -0.05) is 0 Å². The van der Waals surface area contributed by atoms with Crippen molar-refractivity contribution >= 4 is 5.69 Å². The molecule has 0 N–H and O–H groups in total. The van der Waals surface area contributed by atoms with Crippen LogP contribution in [0.25, 0.3) is 0 Å². The number of nitriles is 1. The number of piperidine rings is 1. The van der Waals surface area contributed by atoms with Gasteiger partial charge in [0.2, 0.25) is 0 Å². The molecule has 23 heavy (non-hydrogen) atoms. The van der Waals surface area contributed by atoms with Crippen LogP contribution in [0, 0.1) is 11.3 Å². The quantitative estimate of drug-likeness (QED) is 0.851. The van der Waals surface area contributed by atoms with E-state index in [0.717, 1.165) is 31.6 Å². The monoisotopic (exact) mass is 311 g/mol. The summed E-state index contributed by atoms with van der Waals surface area (Å²) in [5.74, 6) is 0.603. The second-order valence-electron chi connectivity index (χ2n) is 5.25. The minimum atomic E-state index is 0.0211. The van der Waals surface area contributed by atoms with Crippen molar-refractivity contribution < 1.29 is 9.47 Å². The van der Waals surface area contributed by atoms with Gasteiger partial charge < -0.3 is 14.4 Å². The summed E-state index contributed by atoms with van der Waals surface area (Å²) in [5, 5.41) is 8.81. The maximum absolute atomic E-state index is 8.81. The minimum Gasteiger partial charge on any atom is -0.494 e. The molecule has 1 atom stereocenters. The van der Waals surface area contributed by atoms with E-state index in [-0.39, 0.29) is 6.10 Å². The molecule has 0 aliphatic carbocycles. The van der Waals surface area contributed by atoms with Crippen molar-refractivity contribution in [1.82, 2.24) is 15.0 Å². The number of hydrogen-bond donors (Lipinski definition) is 0. The molecule has 1 aliphatic rings. The number of hydrogen-bond acceptors (Lipinski definition) is 7. The number of anilines is 1. The van der Waals surface area contributed by atoms with Crippen LogP contribution in [0.3, 0.4) is 0 Å². The smallest absolute Gasteiger partial charge is 0.316 e. The lowest BCUT2D eigenvalue weighted by atomic mass is 10.1. The van der Waals surface area contributed by atoms with Gasteiger partial charge in [-0.2, -0.15) is 15.2 Å². The molecule has 2 aromatic rings. The summed E-state index contributed by atoms with van der Waals surface area (Å²) in [7, 11) is 1.57. The molecule has 0 spiro atoms. The van der Waals surface area contributed by atoms with Crippen LogP contribution >= 0.6 is 0 Å². The number of ether oxygens (including phenoxy) is 2. The fourth-order valence-corrected chi connectivity index (χ4v) is 2.53. The highest BCUT2D eigenvalue weighted by Gasteiger charge is 2.22. The average molecular weight is 311 g/mol. The van der Waals surface area contributed by atoms with Crippen LogP contribution in [0.1, 0.15) is 18.5 Å². The third-order valence-corrected chi connectivity index (χ3v) is 3.72. The van der Waals surface area contributed by atoms with E-state index in [4.69, 9.17) is 14.7 Å². The first-order chi connectivity index (χ1) is 11.3. The Labute approximate surface area is 134 Å². The zero-order valence-corrected chi connectivity index (χ0v) is 12.8. The molecule has 3 rings (SSSR count). The lowest BCUT2D eigenvalue weighted by Gasteiger charge is -2.33. The van der Waals surface area contributed by atoms with Gasteiger partial charge in [0.1, 0.15) is 17.9 Å². The lowest BCUT2D eigenvalue weighted by Crippen LogP contribution is -2.41. The normalized spacial score (nSPS) is 17.4. The fraction of sp³-hybridized carbons (Fsp3) is 0.375. The molecule has 0 aromatic carbocycles. The van der Waals surface area contributed by atoms with E-state index in [1.807, 2.05) is 12.1 Å². The van der Waals surface area contributed by atoms with Gasteiger partial charge in [-0.15, -0.1) is 0 Å². The van der Waals surface area contributed by atoms with Crippen molar-refractivity contribution in [2.75, 3.05) is 25.1 Å². The van der Waals surface area contributed by atoms with E-state index in [2.05, 4.69) is 19.9 Å². The maximum Gasteiger partial charge on any atom is 0.316 e. The Bertz CT molecular complexity index is 681. The third-order valence-electron chi connectivity index (χ3n) is 3.72. The highest BCUT2D eigenvalue weighted by molar-refractivity contribution is 5.46. The van der Waals surface area contributed by atoms with Crippen molar-refractivity contribution in [2.24, 2.45) is 0 Å². The largest absolute Gasteiger partial charge is 0.494 e.